The number of halogens is 1. The first-order valence-corrected chi connectivity index (χ1v) is 6.01. The van der Waals surface area contributed by atoms with E-state index in [1.165, 1.54) is 18.2 Å². The Balaban J connectivity index is 2.09. The Labute approximate surface area is 103 Å². The van der Waals surface area contributed by atoms with Gasteiger partial charge in [0.25, 0.3) is 5.56 Å². The van der Waals surface area contributed by atoms with Gasteiger partial charge < -0.3 is 9.72 Å². The van der Waals surface area contributed by atoms with Gasteiger partial charge in [-0.3, -0.25) is 4.79 Å². The standard InChI is InChI=1S/C13H13FN2O2/c14-9-3-4-11-10(6-9)13(17)16-12(15-11)8-2-1-5-18-7-8/h3-4,6,8H,1-2,5,7H2,(H,15,16,17). The van der Waals surface area contributed by atoms with Crippen molar-refractivity contribution in [2.24, 2.45) is 0 Å². The number of hydrogen-bond acceptors (Lipinski definition) is 3. The molecular weight excluding hydrogens is 235 g/mol. The first kappa shape index (κ1) is 11.3. The van der Waals surface area contributed by atoms with Crippen LogP contribution in [0.15, 0.2) is 23.0 Å². The fourth-order valence-electron chi connectivity index (χ4n) is 2.28. The lowest BCUT2D eigenvalue weighted by Gasteiger charge is -2.21. The second kappa shape index (κ2) is 4.49. The second-order valence-corrected chi connectivity index (χ2v) is 4.53. The Hall–Kier alpha value is -1.75. The zero-order valence-corrected chi connectivity index (χ0v) is 9.78. The quantitative estimate of drug-likeness (QED) is 0.839. The Morgan fingerprint density at radius 1 is 1.44 bits per heavy atom. The molecule has 0 spiro atoms. The molecule has 0 saturated carbocycles. The predicted octanol–water partition coefficient (Wildman–Crippen LogP) is 1.96. The van der Waals surface area contributed by atoms with Crippen LogP contribution in [0.3, 0.4) is 0 Å². The molecule has 94 valence electrons. The lowest BCUT2D eigenvalue weighted by atomic mass is 10.0. The molecule has 1 atom stereocenters. The van der Waals surface area contributed by atoms with Crippen molar-refractivity contribution in [1.29, 1.82) is 0 Å². The molecule has 1 aliphatic heterocycles. The van der Waals surface area contributed by atoms with Gasteiger partial charge in [0, 0.05) is 12.5 Å². The first-order chi connectivity index (χ1) is 8.74. The number of aromatic amines is 1. The normalized spacial score (nSPS) is 20.2. The Morgan fingerprint density at radius 3 is 3.11 bits per heavy atom. The molecule has 18 heavy (non-hydrogen) atoms. The number of fused-ring (bicyclic) bond motifs is 1. The molecule has 0 radical (unpaired) electrons. The maximum Gasteiger partial charge on any atom is 0.258 e. The first-order valence-electron chi connectivity index (χ1n) is 6.01. The van der Waals surface area contributed by atoms with Gasteiger partial charge in [-0.2, -0.15) is 0 Å². The van der Waals surface area contributed by atoms with E-state index in [1.807, 2.05) is 0 Å². The number of hydrogen-bond donors (Lipinski definition) is 1. The minimum atomic E-state index is -0.427. The van der Waals surface area contributed by atoms with Crippen molar-refractivity contribution < 1.29 is 9.13 Å². The highest BCUT2D eigenvalue weighted by atomic mass is 19.1. The maximum atomic E-state index is 13.1. The maximum absolute atomic E-state index is 13.1. The van der Waals surface area contributed by atoms with E-state index in [-0.39, 0.29) is 16.9 Å². The highest BCUT2D eigenvalue weighted by Gasteiger charge is 2.19. The molecule has 5 heteroatoms. The van der Waals surface area contributed by atoms with Gasteiger partial charge in [-0.1, -0.05) is 0 Å². The molecule has 0 aliphatic carbocycles. The van der Waals surface area contributed by atoms with E-state index in [2.05, 4.69) is 9.97 Å². The summed E-state index contributed by atoms with van der Waals surface area (Å²) in [6.45, 7) is 1.34. The molecule has 4 nitrogen and oxygen atoms in total. The van der Waals surface area contributed by atoms with E-state index in [1.54, 1.807) is 0 Å². The molecule has 1 saturated heterocycles. The summed E-state index contributed by atoms with van der Waals surface area (Å²) in [7, 11) is 0. The van der Waals surface area contributed by atoms with Crippen LogP contribution >= 0.6 is 0 Å². The highest BCUT2D eigenvalue weighted by molar-refractivity contribution is 5.77. The van der Waals surface area contributed by atoms with Crippen LogP contribution in [0.2, 0.25) is 0 Å². The average Bonchev–Trinajstić information content (AvgIpc) is 2.40. The van der Waals surface area contributed by atoms with Crippen molar-refractivity contribution in [3.05, 3.63) is 40.2 Å². The molecule has 3 rings (SSSR count). The highest BCUT2D eigenvalue weighted by Crippen LogP contribution is 2.22. The minimum Gasteiger partial charge on any atom is -0.381 e. The van der Waals surface area contributed by atoms with Crippen LogP contribution in [0.25, 0.3) is 10.9 Å². The number of nitrogens with one attached hydrogen (secondary N) is 1. The average molecular weight is 248 g/mol. The van der Waals surface area contributed by atoms with Gasteiger partial charge in [-0.05, 0) is 31.0 Å². The van der Waals surface area contributed by atoms with Crippen LogP contribution in [-0.2, 0) is 4.74 Å². The SMILES string of the molecule is O=c1[nH]c(C2CCCOC2)nc2ccc(F)cc12. The molecule has 1 aromatic heterocycles. The van der Waals surface area contributed by atoms with Crippen LogP contribution in [0.1, 0.15) is 24.6 Å². The minimum absolute atomic E-state index is 0.126. The summed E-state index contributed by atoms with van der Waals surface area (Å²) in [6.07, 6.45) is 1.92. The summed E-state index contributed by atoms with van der Waals surface area (Å²) in [4.78, 5) is 19.0. The summed E-state index contributed by atoms with van der Waals surface area (Å²) in [5.41, 5.74) is 0.237. The third kappa shape index (κ3) is 2.01. The number of H-pyrrole nitrogens is 1. The number of rotatable bonds is 1. The van der Waals surface area contributed by atoms with Crippen molar-refractivity contribution in [1.82, 2.24) is 9.97 Å². The lowest BCUT2D eigenvalue weighted by molar-refractivity contribution is 0.0781. The van der Waals surface area contributed by atoms with Gasteiger partial charge in [0.1, 0.15) is 11.6 Å². The zero-order valence-electron chi connectivity index (χ0n) is 9.78. The van der Waals surface area contributed by atoms with Crippen molar-refractivity contribution in [2.45, 2.75) is 18.8 Å². The number of ether oxygens (including phenoxy) is 1. The molecule has 1 aromatic carbocycles. The predicted molar refractivity (Wildman–Crippen MR) is 65.1 cm³/mol. The molecular formula is C13H13FN2O2. The van der Waals surface area contributed by atoms with E-state index < -0.39 is 5.82 Å². The van der Waals surface area contributed by atoms with Crippen molar-refractivity contribution in [3.8, 4) is 0 Å². The van der Waals surface area contributed by atoms with Crippen molar-refractivity contribution in [3.63, 3.8) is 0 Å². The van der Waals surface area contributed by atoms with E-state index in [0.717, 1.165) is 19.4 Å². The van der Waals surface area contributed by atoms with Crippen LogP contribution < -0.4 is 5.56 Å². The summed E-state index contributed by atoms with van der Waals surface area (Å²) in [5.74, 6) is 0.336. The Kier molecular flexibility index (Phi) is 2.83. The fourth-order valence-corrected chi connectivity index (χ4v) is 2.28. The Bertz CT molecular complexity index is 632. The van der Waals surface area contributed by atoms with Crippen LogP contribution in [0.5, 0.6) is 0 Å². The third-order valence-electron chi connectivity index (χ3n) is 3.23. The molecule has 1 fully saturated rings. The largest absolute Gasteiger partial charge is 0.381 e. The number of benzene rings is 1. The smallest absolute Gasteiger partial charge is 0.258 e. The fraction of sp³-hybridized carbons (Fsp3) is 0.385. The summed E-state index contributed by atoms with van der Waals surface area (Å²) >= 11 is 0. The summed E-state index contributed by atoms with van der Waals surface area (Å²) in [6, 6.07) is 4.06. The van der Waals surface area contributed by atoms with Gasteiger partial charge in [-0.15, -0.1) is 0 Å². The van der Waals surface area contributed by atoms with Crippen molar-refractivity contribution >= 4 is 10.9 Å². The van der Waals surface area contributed by atoms with Gasteiger partial charge in [0.15, 0.2) is 0 Å². The van der Waals surface area contributed by atoms with E-state index in [4.69, 9.17) is 4.74 Å². The zero-order chi connectivity index (χ0) is 12.5. The third-order valence-corrected chi connectivity index (χ3v) is 3.23. The number of aromatic nitrogens is 2. The summed E-state index contributed by atoms with van der Waals surface area (Å²) < 4.78 is 18.5. The van der Waals surface area contributed by atoms with Crippen LogP contribution in [-0.4, -0.2) is 23.2 Å². The lowest BCUT2D eigenvalue weighted by Crippen LogP contribution is -2.21. The van der Waals surface area contributed by atoms with E-state index in [0.29, 0.717) is 17.9 Å². The van der Waals surface area contributed by atoms with Crippen LogP contribution in [0.4, 0.5) is 4.39 Å². The monoisotopic (exact) mass is 248 g/mol. The van der Waals surface area contributed by atoms with E-state index >= 15 is 0 Å². The summed E-state index contributed by atoms with van der Waals surface area (Å²) in [5, 5.41) is 0.287. The Morgan fingerprint density at radius 2 is 2.33 bits per heavy atom. The van der Waals surface area contributed by atoms with Gasteiger partial charge in [0.2, 0.25) is 0 Å². The van der Waals surface area contributed by atoms with Crippen molar-refractivity contribution in [2.75, 3.05) is 13.2 Å². The molecule has 1 aliphatic rings. The second-order valence-electron chi connectivity index (χ2n) is 4.53. The molecule has 1 N–H and O–H groups in total. The number of nitrogens with zero attached hydrogens (tertiary/aromatic N) is 1. The van der Waals surface area contributed by atoms with Gasteiger partial charge in [0.05, 0.1) is 17.5 Å². The van der Waals surface area contributed by atoms with E-state index in [9.17, 15) is 9.18 Å². The molecule has 2 heterocycles. The molecule has 1 unspecified atom stereocenters. The molecule has 2 aromatic rings. The van der Waals surface area contributed by atoms with Gasteiger partial charge >= 0.3 is 0 Å². The molecule has 0 bridgehead atoms. The van der Waals surface area contributed by atoms with Crippen LogP contribution in [0, 0.1) is 5.82 Å². The molecule has 0 amide bonds. The topological polar surface area (TPSA) is 55.0 Å². The van der Waals surface area contributed by atoms with Gasteiger partial charge in [-0.25, -0.2) is 9.37 Å².